The summed E-state index contributed by atoms with van der Waals surface area (Å²) in [7, 11) is 0. The van der Waals surface area contributed by atoms with Gasteiger partial charge in [-0.2, -0.15) is 0 Å². The zero-order chi connectivity index (χ0) is 18.9. The Morgan fingerprint density at radius 2 is 1.92 bits per heavy atom. The van der Waals surface area contributed by atoms with E-state index in [4.69, 9.17) is 31.8 Å². The van der Waals surface area contributed by atoms with Gasteiger partial charge in [0.1, 0.15) is 24.0 Å². The summed E-state index contributed by atoms with van der Waals surface area (Å²) in [6.45, 7) is 0.702. The topological polar surface area (TPSA) is 138 Å². The number of hydrogen-bond acceptors (Lipinski definition) is 5. The van der Waals surface area contributed by atoms with E-state index in [-0.39, 0.29) is 24.2 Å². The molecule has 0 spiro atoms. The quantitative estimate of drug-likeness (QED) is 0.247. The molecule has 7 heteroatoms. The summed E-state index contributed by atoms with van der Waals surface area (Å²) in [6, 6.07) is 7.02. The first-order valence-electron chi connectivity index (χ1n) is 8.56. The van der Waals surface area contributed by atoms with Crippen molar-refractivity contribution < 1.29 is 14.6 Å². The molecule has 2 unspecified atom stereocenters. The van der Waals surface area contributed by atoms with Gasteiger partial charge >= 0.3 is 0 Å². The van der Waals surface area contributed by atoms with Crippen molar-refractivity contribution in [1.29, 1.82) is 10.8 Å². The first-order chi connectivity index (χ1) is 12.5. The third-order valence-corrected chi connectivity index (χ3v) is 4.02. The Morgan fingerprint density at radius 3 is 2.50 bits per heavy atom. The van der Waals surface area contributed by atoms with Crippen LogP contribution < -0.4 is 16.2 Å². The lowest BCUT2D eigenvalue weighted by Crippen LogP contribution is -2.22. The predicted molar refractivity (Wildman–Crippen MR) is 101 cm³/mol. The van der Waals surface area contributed by atoms with Gasteiger partial charge in [-0.3, -0.25) is 10.8 Å². The van der Waals surface area contributed by atoms with Crippen LogP contribution in [0.15, 0.2) is 48.3 Å². The summed E-state index contributed by atoms with van der Waals surface area (Å²) in [5, 5.41) is 24.7. The molecule has 0 saturated carbocycles. The van der Waals surface area contributed by atoms with Crippen molar-refractivity contribution in [3.05, 3.63) is 53.8 Å². The van der Waals surface area contributed by atoms with Gasteiger partial charge in [0.15, 0.2) is 0 Å². The van der Waals surface area contributed by atoms with Gasteiger partial charge in [-0.1, -0.05) is 6.08 Å². The Balaban J connectivity index is 1.60. The minimum atomic E-state index is -0.571. The zero-order valence-corrected chi connectivity index (χ0v) is 14.7. The number of amidine groups is 2. The summed E-state index contributed by atoms with van der Waals surface area (Å²) in [5.74, 6) is 1.52. The van der Waals surface area contributed by atoms with Crippen LogP contribution in [0.3, 0.4) is 0 Å². The van der Waals surface area contributed by atoms with E-state index in [0.29, 0.717) is 42.9 Å². The van der Waals surface area contributed by atoms with E-state index in [0.717, 1.165) is 0 Å². The molecule has 1 aliphatic rings. The number of allylic oxidation sites excluding steroid dienone is 2. The molecule has 26 heavy (non-hydrogen) atoms. The van der Waals surface area contributed by atoms with Gasteiger partial charge in [-0.05, 0) is 55.7 Å². The Bertz CT molecular complexity index is 683. The van der Waals surface area contributed by atoms with Crippen molar-refractivity contribution >= 4 is 11.7 Å². The molecule has 1 aromatic rings. The van der Waals surface area contributed by atoms with E-state index in [1.54, 1.807) is 30.3 Å². The average molecular weight is 358 g/mol. The lowest BCUT2D eigenvalue weighted by molar-refractivity contribution is 0.0648. The molecule has 0 radical (unpaired) electrons. The number of hydrogen-bond donors (Lipinski definition) is 5. The van der Waals surface area contributed by atoms with Gasteiger partial charge in [-0.15, -0.1) is 0 Å². The summed E-state index contributed by atoms with van der Waals surface area (Å²) in [4.78, 5) is 0. The minimum Gasteiger partial charge on any atom is -0.494 e. The number of ether oxygens (including phenoxy) is 2. The summed E-state index contributed by atoms with van der Waals surface area (Å²) < 4.78 is 11.2. The molecule has 0 amide bonds. The standard InChI is InChI=1S/C19H26N4O3/c20-18(21)13-3-7-16(8-4-13)25-11-1-2-15(24)12-26-17-9-5-14(6-10-17)19(22)23/h3-5,7-10,14-15,24H,1-2,6,11-12H2,(H3,20,21)(H3,22,23). The SMILES string of the molecule is N=C(N)c1ccc(OCCCC(O)COC2=CCC(C(=N)N)C=C2)cc1. The molecule has 140 valence electrons. The Morgan fingerprint density at radius 1 is 1.19 bits per heavy atom. The lowest BCUT2D eigenvalue weighted by atomic mass is 9.99. The highest BCUT2D eigenvalue weighted by Crippen LogP contribution is 2.17. The second-order valence-electron chi connectivity index (χ2n) is 6.16. The van der Waals surface area contributed by atoms with Crippen LogP contribution in [0.1, 0.15) is 24.8 Å². The molecular weight excluding hydrogens is 332 g/mol. The maximum atomic E-state index is 9.99. The highest BCUT2D eigenvalue weighted by Gasteiger charge is 2.13. The summed E-state index contributed by atoms with van der Waals surface area (Å²) in [6.07, 6.45) is 6.85. The molecule has 7 N–H and O–H groups in total. The van der Waals surface area contributed by atoms with Crippen molar-refractivity contribution in [2.24, 2.45) is 17.4 Å². The molecule has 7 nitrogen and oxygen atoms in total. The Labute approximate surface area is 153 Å². The van der Waals surface area contributed by atoms with Crippen molar-refractivity contribution in [1.82, 2.24) is 0 Å². The molecular formula is C19H26N4O3. The second-order valence-corrected chi connectivity index (χ2v) is 6.16. The van der Waals surface area contributed by atoms with Crippen LogP contribution in [0.5, 0.6) is 5.75 Å². The third-order valence-electron chi connectivity index (χ3n) is 4.02. The van der Waals surface area contributed by atoms with Crippen LogP contribution in [0.2, 0.25) is 0 Å². The highest BCUT2D eigenvalue weighted by atomic mass is 16.5. The molecule has 2 atom stereocenters. The van der Waals surface area contributed by atoms with E-state index >= 15 is 0 Å². The summed E-state index contributed by atoms with van der Waals surface area (Å²) in [5.41, 5.74) is 11.5. The fourth-order valence-corrected chi connectivity index (χ4v) is 2.45. The highest BCUT2D eigenvalue weighted by molar-refractivity contribution is 5.94. The fourth-order valence-electron chi connectivity index (χ4n) is 2.45. The first-order valence-corrected chi connectivity index (χ1v) is 8.56. The molecule has 0 heterocycles. The van der Waals surface area contributed by atoms with E-state index in [1.165, 1.54) is 0 Å². The number of nitrogen functional groups attached to an aromatic ring is 1. The van der Waals surface area contributed by atoms with Gasteiger partial charge in [-0.25, -0.2) is 0 Å². The second kappa shape index (κ2) is 9.62. The average Bonchev–Trinajstić information content (AvgIpc) is 2.64. The van der Waals surface area contributed by atoms with Crippen molar-refractivity contribution in [3.63, 3.8) is 0 Å². The number of nitrogens with one attached hydrogen (secondary N) is 2. The van der Waals surface area contributed by atoms with Gasteiger partial charge in [0.2, 0.25) is 0 Å². The smallest absolute Gasteiger partial charge is 0.122 e. The Hall–Kier alpha value is -2.80. The van der Waals surface area contributed by atoms with E-state index in [1.807, 2.05) is 12.2 Å². The summed E-state index contributed by atoms with van der Waals surface area (Å²) >= 11 is 0. The van der Waals surface area contributed by atoms with Crippen LogP contribution in [-0.4, -0.2) is 36.1 Å². The molecule has 1 aromatic carbocycles. The van der Waals surface area contributed by atoms with Crippen LogP contribution in [0.4, 0.5) is 0 Å². The maximum Gasteiger partial charge on any atom is 0.122 e. The molecule has 0 saturated heterocycles. The van der Waals surface area contributed by atoms with Crippen molar-refractivity contribution in [3.8, 4) is 5.75 Å². The number of benzene rings is 1. The van der Waals surface area contributed by atoms with E-state index in [9.17, 15) is 5.11 Å². The lowest BCUT2D eigenvalue weighted by Gasteiger charge is -2.17. The maximum absolute atomic E-state index is 9.99. The fraction of sp³-hybridized carbons (Fsp3) is 0.368. The van der Waals surface area contributed by atoms with E-state index < -0.39 is 6.10 Å². The Kier molecular flexibility index (Phi) is 7.23. The molecule has 2 rings (SSSR count). The zero-order valence-electron chi connectivity index (χ0n) is 14.7. The molecule has 0 aliphatic heterocycles. The van der Waals surface area contributed by atoms with Gasteiger partial charge < -0.3 is 26.0 Å². The number of aliphatic hydroxyl groups is 1. The third kappa shape index (κ3) is 6.25. The number of nitrogens with two attached hydrogens (primary N) is 2. The molecule has 0 bridgehead atoms. The minimum absolute atomic E-state index is 0.0272. The van der Waals surface area contributed by atoms with Crippen molar-refractivity contribution in [2.45, 2.75) is 25.4 Å². The number of aliphatic hydroxyl groups excluding tert-OH is 1. The monoisotopic (exact) mass is 358 g/mol. The molecule has 1 aliphatic carbocycles. The van der Waals surface area contributed by atoms with Gasteiger partial charge in [0, 0.05) is 11.5 Å². The van der Waals surface area contributed by atoms with E-state index in [2.05, 4.69) is 0 Å². The molecule has 0 aromatic heterocycles. The largest absolute Gasteiger partial charge is 0.494 e. The van der Waals surface area contributed by atoms with Gasteiger partial charge in [0.05, 0.1) is 18.5 Å². The normalized spacial score (nSPS) is 17.3. The van der Waals surface area contributed by atoms with Crippen LogP contribution >= 0.6 is 0 Å². The van der Waals surface area contributed by atoms with Crippen LogP contribution in [0, 0.1) is 16.7 Å². The van der Waals surface area contributed by atoms with Crippen LogP contribution in [0.25, 0.3) is 0 Å². The van der Waals surface area contributed by atoms with Crippen molar-refractivity contribution in [2.75, 3.05) is 13.2 Å². The number of rotatable bonds is 10. The first kappa shape index (κ1) is 19.5. The van der Waals surface area contributed by atoms with Gasteiger partial charge in [0.25, 0.3) is 0 Å². The van der Waals surface area contributed by atoms with Crippen LogP contribution in [-0.2, 0) is 4.74 Å². The predicted octanol–water partition coefficient (Wildman–Crippen LogP) is 1.90. The molecule has 0 fully saturated rings.